The van der Waals surface area contributed by atoms with Crippen LogP contribution < -0.4 is 10.6 Å². The van der Waals surface area contributed by atoms with E-state index >= 15 is 0 Å². The predicted octanol–water partition coefficient (Wildman–Crippen LogP) is 3.76. The van der Waals surface area contributed by atoms with Gasteiger partial charge < -0.3 is 15.4 Å². The summed E-state index contributed by atoms with van der Waals surface area (Å²) in [6, 6.07) is 11.0. The first-order valence-corrected chi connectivity index (χ1v) is 11.6. The van der Waals surface area contributed by atoms with E-state index < -0.39 is 11.6 Å². The lowest BCUT2D eigenvalue weighted by Crippen LogP contribution is -2.47. The van der Waals surface area contributed by atoms with Crippen LogP contribution in [-0.2, 0) is 4.74 Å². The molecule has 0 radical (unpaired) electrons. The molecular weight excluding hydrogens is 476 g/mol. The molecule has 3 heterocycles. The number of piperazine rings is 1. The zero-order valence-corrected chi connectivity index (χ0v) is 19.8. The summed E-state index contributed by atoms with van der Waals surface area (Å²) in [6.45, 7) is 4.45. The van der Waals surface area contributed by atoms with Gasteiger partial charge in [-0.25, -0.2) is 18.4 Å². The SMILES string of the molecule is COCCN1CCN(c2nc(-c3cccc(F)c3F)c3c(N)n(-c4ccc(Cl)cc4)nc3n2)CC1. The smallest absolute Gasteiger partial charge is 0.228 e. The molecule has 1 aliphatic rings. The van der Waals surface area contributed by atoms with Crippen molar-refractivity contribution < 1.29 is 13.5 Å². The molecule has 1 fully saturated rings. The molecule has 2 aromatic heterocycles. The summed E-state index contributed by atoms with van der Waals surface area (Å²) in [6.07, 6.45) is 0. The third kappa shape index (κ3) is 4.52. The van der Waals surface area contributed by atoms with Crippen molar-refractivity contribution in [3.05, 3.63) is 59.1 Å². The lowest BCUT2D eigenvalue weighted by atomic mass is 10.1. The maximum absolute atomic E-state index is 14.9. The average molecular weight is 500 g/mol. The quantitative estimate of drug-likeness (QED) is 0.432. The molecule has 4 aromatic rings. The molecule has 8 nitrogen and oxygen atoms in total. The largest absolute Gasteiger partial charge is 0.383 e. The molecule has 2 N–H and O–H groups in total. The van der Waals surface area contributed by atoms with Crippen LogP contribution in [0.3, 0.4) is 0 Å². The van der Waals surface area contributed by atoms with Gasteiger partial charge in [0, 0.05) is 50.4 Å². The van der Waals surface area contributed by atoms with Gasteiger partial charge >= 0.3 is 0 Å². The monoisotopic (exact) mass is 499 g/mol. The maximum atomic E-state index is 14.9. The van der Waals surface area contributed by atoms with Gasteiger partial charge in [0.25, 0.3) is 0 Å². The second-order valence-corrected chi connectivity index (χ2v) is 8.70. The minimum absolute atomic E-state index is 0.000244. The van der Waals surface area contributed by atoms with Gasteiger partial charge in [0.15, 0.2) is 17.3 Å². The summed E-state index contributed by atoms with van der Waals surface area (Å²) in [7, 11) is 1.68. The normalized spacial score (nSPS) is 14.7. The van der Waals surface area contributed by atoms with Gasteiger partial charge in [0.2, 0.25) is 5.95 Å². The third-order valence-corrected chi connectivity index (χ3v) is 6.35. The molecule has 35 heavy (non-hydrogen) atoms. The van der Waals surface area contributed by atoms with E-state index in [2.05, 4.69) is 20.0 Å². The Morgan fingerprint density at radius 2 is 1.77 bits per heavy atom. The minimum Gasteiger partial charge on any atom is -0.383 e. The molecule has 0 atom stereocenters. The highest BCUT2D eigenvalue weighted by molar-refractivity contribution is 6.30. The number of fused-ring (bicyclic) bond motifs is 1. The Morgan fingerprint density at radius 1 is 1.03 bits per heavy atom. The van der Waals surface area contributed by atoms with Crippen LogP contribution in [0.15, 0.2) is 42.5 Å². The highest BCUT2D eigenvalue weighted by Gasteiger charge is 2.25. The number of rotatable bonds is 6. The fourth-order valence-corrected chi connectivity index (χ4v) is 4.32. The van der Waals surface area contributed by atoms with Crippen LogP contribution in [0.1, 0.15) is 0 Å². The number of ether oxygens (including phenoxy) is 1. The van der Waals surface area contributed by atoms with E-state index in [4.69, 9.17) is 22.1 Å². The van der Waals surface area contributed by atoms with Gasteiger partial charge in [0.05, 0.1) is 23.4 Å². The van der Waals surface area contributed by atoms with Crippen LogP contribution in [-0.4, -0.2) is 71.1 Å². The van der Waals surface area contributed by atoms with E-state index in [1.807, 2.05) is 4.90 Å². The van der Waals surface area contributed by atoms with Crippen molar-refractivity contribution >= 4 is 34.4 Å². The first-order chi connectivity index (χ1) is 17.0. The number of hydrogen-bond donors (Lipinski definition) is 1. The fourth-order valence-electron chi connectivity index (χ4n) is 4.19. The minimum atomic E-state index is -0.999. The van der Waals surface area contributed by atoms with Crippen molar-refractivity contribution in [2.75, 3.05) is 57.1 Å². The molecule has 0 unspecified atom stereocenters. The highest BCUT2D eigenvalue weighted by Crippen LogP contribution is 2.35. The summed E-state index contributed by atoms with van der Waals surface area (Å²) in [4.78, 5) is 13.6. The zero-order chi connectivity index (χ0) is 24.5. The summed E-state index contributed by atoms with van der Waals surface area (Å²) < 4.78 is 35.8. The van der Waals surface area contributed by atoms with E-state index in [9.17, 15) is 8.78 Å². The molecule has 11 heteroatoms. The standard InChI is InChI=1S/C24H24ClF2N7O/c1-35-14-13-32-9-11-33(12-10-32)24-29-21(17-3-2-4-18(26)20(17)27)19-22(28)34(31-23(19)30-24)16-7-5-15(25)6-8-16/h2-8H,9-14,28H2,1H3. The second-order valence-electron chi connectivity index (χ2n) is 8.27. The van der Waals surface area contributed by atoms with E-state index in [0.29, 0.717) is 47.4 Å². The van der Waals surface area contributed by atoms with Crippen LogP contribution in [0.2, 0.25) is 5.02 Å². The number of methoxy groups -OCH3 is 1. The Kier molecular flexibility index (Phi) is 6.50. The molecule has 0 aliphatic carbocycles. The Morgan fingerprint density at radius 3 is 2.49 bits per heavy atom. The summed E-state index contributed by atoms with van der Waals surface area (Å²) in [5, 5.41) is 5.51. The molecule has 1 saturated heterocycles. The number of hydrogen-bond acceptors (Lipinski definition) is 7. The van der Waals surface area contributed by atoms with Crippen molar-refractivity contribution in [2.45, 2.75) is 0 Å². The molecule has 2 aromatic carbocycles. The Labute approximate surface area is 205 Å². The van der Waals surface area contributed by atoms with Crippen molar-refractivity contribution in [3.8, 4) is 16.9 Å². The third-order valence-electron chi connectivity index (χ3n) is 6.10. The van der Waals surface area contributed by atoms with E-state index in [0.717, 1.165) is 25.7 Å². The molecule has 0 saturated carbocycles. The number of nitrogen functional groups attached to an aromatic ring is 1. The van der Waals surface area contributed by atoms with Crippen molar-refractivity contribution in [2.24, 2.45) is 0 Å². The molecule has 0 amide bonds. The maximum Gasteiger partial charge on any atom is 0.228 e. The molecule has 1 aliphatic heterocycles. The average Bonchev–Trinajstić information content (AvgIpc) is 3.21. The van der Waals surface area contributed by atoms with Gasteiger partial charge in [-0.1, -0.05) is 17.7 Å². The van der Waals surface area contributed by atoms with Crippen molar-refractivity contribution in [1.82, 2.24) is 24.6 Å². The fraction of sp³-hybridized carbons (Fsp3) is 0.292. The Bertz CT molecular complexity index is 1350. The van der Waals surface area contributed by atoms with Crippen LogP contribution >= 0.6 is 11.6 Å². The van der Waals surface area contributed by atoms with E-state index in [-0.39, 0.29) is 17.1 Å². The zero-order valence-electron chi connectivity index (χ0n) is 19.1. The van der Waals surface area contributed by atoms with Gasteiger partial charge in [-0.15, -0.1) is 5.10 Å². The lowest BCUT2D eigenvalue weighted by molar-refractivity contribution is 0.144. The predicted molar refractivity (Wildman–Crippen MR) is 132 cm³/mol. The number of aromatic nitrogens is 4. The molecule has 5 rings (SSSR count). The van der Waals surface area contributed by atoms with E-state index in [1.54, 1.807) is 31.4 Å². The molecule has 0 spiro atoms. The van der Waals surface area contributed by atoms with Crippen molar-refractivity contribution in [3.63, 3.8) is 0 Å². The number of nitrogens with two attached hydrogens (primary N) is 1. The Hall–Kier alpha value is -3.34. The van der Waals surface area contributed by atoms with Gasteiger partial charge in [-0.3, -0.25) is 4.90 Å². The number of benzene rings is 2. The first-order valence-electron chi connectivity index (χ1n) is 11.2. The number of nitrogens with zero attached hydrogens (tertiary/aromatic N) is 6. The van der Waals surface area contributed by atoms with Crippen molar-refractivity contribution in [1.29, 1.82) is 0 Å². The number of halogens is 3. The molecular formula is C24H24ClF2N7O. The Balaban J connectivity index is 1.62. The van der Waals surface area contributed by atoms with Crippen LogP contribution in [0.25, 0.3) is 28.0 Å². The lowest BCUT2D eigenvalue weighted by Gasteiger charge is -2.34. The highest BCUT2D eigenvalue weighted by atomic mass is 35.5. The second kappa shape index (κ2) is 9.73. The van der Waals surface area contributed by atoms with Crippen LogP contribution in [0, 0.1) is 11.6 Å². The summed E-state index contributed by atoms with van der Waals surface area (Å²) in [5.74, 6) is -1.35. The topological polar surface area (TPSA) is 85.3 Å². The number of anilines is 2. The molecule has 182 valence electrons. The van der Waals surface area contributed by atoms with Gasteiger partial charge in [-0.2, -0.15) is 4.98 Å². The summed E-state index contributed by atoms with van der Waals surface area (Å²) >= 11 is 6.02. The molecule has 0 bridgehead atoms. The summed E-state index contributed by atoms with van der Waals surface area (Å²) in [5.41, 5.74) is 7.61. The van der Waals surface area contributed by atoms with E-state index in [1.165, 1.54) is 16.8 Å². The first kappa shape index (κ1) is 23.4. The van der Waals surface area contributed by atoms with Gasteiger partial charge in [0.1, 0.15) is 5.82 Å². The van der Waals surface area contributed by atoms with Crippen LogP contribution in [0.5, 0.6) is 0 Å². The van der Waals surface area contributed by atoms with Crippen LogP contribution in [0.4, 0.5) is 20.5 Å². The van der Waals surface area contributed by atoms with Gasteiger partial charge in [-0.05, 0) is 36.4 Å².